The highest BCUT2D eigenvalue weighted by Crippen LogP contribution is 2.47. The number of carbonyl (C=O) groups is 1. The maximum atomic E-state index is 12.0. The molecule has 0 heterocycles. The number of amides is 1. The van der Waals surface area contributed by atoms with E-state index in [1.807, 2.05) is 6.92 Å². The number of hydrogen-bond acceptors (Lipinski definition) is 4. The van der Waals surface area contributed by atoms with Crippen LogP contribution in [-0.2, 0) is 14.8 Å². The van der Waals surface area contributed by atoms with Gasteiger partial charge in [-0.3, -0.25) is 9.52 Å². The molecule has 2 rings (SSSR count). The number of nitrogens with two attached hydrogens (primary N) is 1. The number of rotatable bonds is 5. The lowest BCUT2D eigenvalue weighted by atomic mass is 10.2. The second kappa shape index (κ2) is 4.51. The smallest absolute Gasteiger partial charge is 0.254 e. The summed E-state index contributed by atoms with van der Waals surface area (Å²) in [6, 6.07) is 0. The zero-order chi connectivity index (χ0) is 12.9. The van der Waals surface area contributed by atoms with Crippen molar-refractivity contribution in [1.82, 2.24) is 4.72 Å². The normalized spacial score (nSPS) is 32.0. The highest BCUT2D eigenvalue weighted by Gasteiger charge is 2.59. The Morgan fingerprint density at radius 1 is 1.56 bits per heavy atom. The van der Waals surface area contributed by atoms with Gasteiger partial charge in [0.1, 0.15) is 5.54 Å². The minimum absolute atomic E-state index is 0. The van der Waals surface area contributed by atoms with E-state index in [4.69, 9.17) is 5.73 Å². The van der Waals surface area contributed by atoms with Crippen molar-refractivity contribution in [2.75, 3.05) is 0 Å². The quantitative estimate of drug-likeness (QED) is 0.731. The Morgan fingerprint density at radius 3 is 2.44 bits per heavy atom. The van der Waals surface area contributed by atoms with Crippen LogP contribution in [-0.4, -0.2) is 24.6 Å². The molecule has 0 aromatic carbocycles. The molecule has 0 radical (unpaired) electrons. The first-order chi connectivity index (χ1) is 7.81. The molecule has 1 amide bonds. The van der Waals surface area contributed by atoms with Crippen LogP contribution in [0.5, 0.6) is 0 Å². The van der Waals surface area contributed by atoms with Gasteiger partial charge >= 0.3 is 0 Å². The Balaban J connectivity index is 0.00000162. The molecule has 0 saturated heterocycles. The SMILES string of the molecule is C=C[C@@H]1C[C@]1(N)C(=O)NS(=O)(=O)C1(CC)CC1.Cl. The summed E-state index contributed by atoms with van der Waals surface area (Å²) in [7, 11) is -3.59. The first-order valence-electron chi connectivity index (χ1n) is 5.79. The Labute approximate surface area is 114 Å². The third-order valence-electron chi connectivity index (χ3n) is 4.02. The molecule has 5 nitrogen and oxygen atoms in total. The molecular weight excluding hydrogens is 276 g/mol. The Kier molecular flexibility index (Phi) is 3.87. The minimum atomic E-state index is -3.59. The van der Waals surface area contributed by atoms with E-state index in [1.54, 1.807) is 6.08 Å². The lowest BCUT2D eigenvalue weighted by molar-refractivity contribution is -0.121. The van der Waals surface area contributed by atoms with Crippen LogP contribution in [0.1, 0.15) is 32.6 Å². The summed E-state index contributed by atoms with van der Waals surface area (Å²) in [6.45, 7) is 5.38. The number of carbonyl (C=O) groups excluding carboxylic acids is 1. The second-order valence-corrected chi connectivity index (χ2v) is 7.13. The van der Waals surface area contributed by atoms with E-state index in [9.17, 15) is 13.2 Å². The van der Waals surface area contributed by atoms with Gasteiger partial charge in [0.25, 0.3) is 5.91 Å². The van der Waals surface area contributed by atoms with Crippen molar-refractivity contribution in [3.63, 3.8) is 0 Å². The zero-order valence-corrected chi connectivity index (χ0v) is 11.9. The van der Waals surface area contributed by atoms with Gasteiger partial charge in [-0.05, 0) is 25.7 Å². The monoisotopic (exact) mass is 294 g/mol. The molecule has 3 N–H and O–H groups in total. The third kappa shape index (κ3) is 2.17. The molecule has 0 spiro atoms. The summed E-state index contributed by atoms with van der Waals surface area (Å²) in [5.41, 5.74) is 4.74. The van der Waals surface area contributed by atoms with Gasteiger partial charge in [-0.25, -0.2) is 8.42 Å². The van der Waals surface area contributed by atoms with Crippen LogP contribution in [0.2, 0.25) is 0 Å². The molecule has 0 unspecified atom stereocenters. The lowest BCUT2D eigenvalue weighted by Gasteiger charge is -2.17. The van der Waals surface area contributed by atoms with Crippen molar-refractivity contribution in [3.8, 4) is 0 Å². The number of sulfonamides is 1. The second-order valence-electron chi connectivity index (χ2n) is 5.06. The van der Waals surface area contributed by atoms with Gasteiger partial charge in [-0.2, -0.15) is 0 Å². The maximum absolute atomic E-state index is 12.0. The summed E-state index contributed by atoms with van der Waals surface area (Å²) in [5, 5.41) is 0. The van der Waals surface area contributed by atoms with E-state index in [-0.39, 0.29) is 18.3 Å². The fourth-order valence-electron chi connectivity index (χ4n) is 2.14. The van der Waals surface area contributed by atoms with Crippen molar-refractivity contribution in [2.24, 2.45) is 11.7 Å². The first-order valence-corrected chi connectivity index (χ1v) is 7.28. The Hall–Kier alpha value is -0.590. The van der Waals surface area contributed by atoms with E-state index in [0.29, 0.717) is 25.7 Å². The molecular formula is C11H19ClN2O3S. The predicted molar refractivity (Wildman–Crippen MR) is 71.8 cm³/mol. The standard InChI is InChI=1S/C11H18N2O3S.ClH/c1-3-8-7-11(8,12)9(14)13-17(15,16)10(4-2)5-6-10;/h3,8H,1,4-7,12H2,2H3,(H,13,14);1H/t8-,11-;/m1./s1. The number of nitrogens with one attached hydrogen (secondary N) is 1. The minimum Gasteiger partial charge on any atom is -0.317 e. The van der Waals surface area contributed by atoms with Gasteiger partial charge in [0.15, 0.2) is 0 Å². The molecule has 2 atom stereocenters. The third-order valence-corrected chi connectivity index (χ3v) is 6.31. The average Bonchev–Trinajstić information content (AvgIpc) is 3.11. The van der Waals surface area contributed by atoms with E-state index in [1.165, 1.54) is 0 Å². The molecule has 2 aliphatic rings. The highest BCUT2D eigenvalue weighted by atomic mass is 35.5. The van der Waals surface area contributed by atoms with Gasteiger partial charge in [-0.1, -0.05) is 13.0 Å². The van der Waals surface area contributed by atoms with Gasteiger partial charge in [-0.15, -0.1) is 19.0 Å². The average molecular weight is 295 g/mol. The van der Waals surface area contributed by atoms with Crippen LogP contribution >= 0.6 is 12.4 Å². The lowest BCUT2D eigenvalue weighted by Crippen LogP contribution is -2.49. The summed E-state index contributed by atoms with van der Waals surface area (Å²) >= 11 is 0. The fourth-order valence-corrected chi connectivity index (χ4v) is 3.81. The topological polar surface area (TPSA) is 89.3 Å². The van der Waals surface area contributed by atoms with Gasteiger partial charge in [0.05, 0.1) is 4.75 Å². The number of halogens is 1. The fraction of sp³-hybridized carbons (Fsp3) is 0.727. The van der Waals surface area contributed by atoms with Crippen molar-refractivity contribution >= 4 is 28.3 Å². The van der Waals surface area contributed by atoms with Crippen molar-refractivity contribution in [1.29, 1.82) is 0 Å². The van der Waals surface area contributed by atoms with E-state index < -0.39 is 26.2 Å². The number of hydrogen-bond donors (Lipinski definition) is 2. The highest BCUT2D eigenvalue weighted by molar-refractivity contribution is 7.91. The van der Waals surface area contributed by atoms with Gasteiger partial charge in [0.2, 0.25) is 10.0 Å². The van der Waals surface area contributed by atoms with E-state index in [2.05, 4.69) is 11.3 Å². The summed E-state index contributed by atoms with van der Waals surface area (Å²) < 4.78 is 25.4. The summed E-state index contributed by atoms with van der Waals surface area (Å²) in [4.78, 5) is 11.8. The zero-order valence-electron chi connectivity index (χ0n) is 10.3. The molecule has 2 aliphatic carbocycles. The predicted octanol–water partition coefficient (Wildman–Crippen LogP) is 0.700. The Morgan fingerprint density at radius 2 is 2.11 bits per heavy atom. The van der Waals surface area contributed by atoms with Crippen LogP contribution in [0, 0.1) is 5.92 Å². The van der Waals surface area contributed by atoms with Crippen LogP contribution < -0.4 is 10.5 Å². The molecule has 0 bridgehead atoms. The molecule has 104 valence electrons. The van der Waals surface area contributed by atoms with Crippen molar-refractivity contribution < 1.29 is 13.2 Å². The Bertz CT molecular complexity index is 473. The molecule has 2 fully saturated rings. The molecule has 18 heavy (non-hydrogen) atoms. The van der Waals surface area contributed by atoms with E-state index in [0.717, 1.165) is 0 Å². The summed E-state index contributed by atoms with van der Waals surface area (Å²) in [5.74, 6) is -0.711. The van der Waals surface area contributed by atoms with Crippen molar-refractivity contribution in [3.05, 3.63) is 12.7 Å². The molecule has 0 aromatic heterocycles. The van der Waals surface area contributed by atoms with Gasteiger partial charge < -0.3 is 5.73 Å². The largest absolute Gasteiger partial charge is 0.317 e. The van der Waals surface area contributed by atoms with Crippen LogP contribution in [0.3, 0.4) is 0 Å². The van der Waals surface area contributed by atoms with E-state index >= 15 is 0 Å². The van der Waals surface area contributed by atoms with Crippen molar-refractivity contribution in [2.45, 2.75) is 42.9 Å². The molecule has 0 aromatic rings. The molecule has 2 saturated carbocycles. The molecule has 0 aliphatic heterocycles. The first kappa shape index (κ1) is 15.5. The maximum Gasteiger partial charge on any atom is 0.254 e. The summed E-state index contributed by atoms with van der Waals surface area (Å²) in [6.07, 6.45) is 3.83. The molecule has 7 heteroatoms. The van der Waals surface area contributed by atoms with Crippen LogP contribution in [0.15, 0.2) is 12.7 Å². The van der Waals surface area contributed by atoms with Gasteiger partial charge in [0, 0.05) is 5.92 Å². The van der Waals surface area contributed by atoms with Crippen LogP contribution in [0.4, 0.5) is 0 Å². The van der Waals surface area contributed by atoms with Crippen LogP contribution in [0.25, 0.3) is 0 Å².